The predicted octanol–water partition coefficient (Wildman–Crippen LogP) is 7.02. The summed E-state index contributed by atoms with van der Waals surface area (Å²) in [6.07, 6.45) is 28.7. The fourth-order valence-electron chi connectivity index (χ4n) is 4.26. The highest BCUT2D eigenvalue weighted by molar-refractivity contribution is 5.16. The van der Waals surface area contributed by atoms with Crippen molar-refractivity contribution in [3.8, 4) is 0 Å². The van der Waals surface area contributed by atoms with Gasteiger partial charge in [0.15, 0.2) is 0 Å². The molecule has 0 aliphatic heterocycles. The Morgan fingerprint density at radius 2 is 1.96 bits per heavy atom. The summed E-state index contributed by atoms with van der Waals surface area (Å²) in [5.41, 5.74) is 0.231. The molecule has 1 heteroatoms. The maximum atomic E-state index is 5.97. The van der Waals surface area contributed by atoms with Gasteiger partial charge in [-0.25, -0.2) is 0 Å². The van der Waals surface area contributed by atoms with Gasteiger partial charge >= 0.3 is 0 Å². The van der Waals surface area contributed by atoms with Crippen molar-refractivity contribution in [2.24, 2.45) is 17.3 Å². The minimum Gasteiger partial charge on any atom is -0.376 e. The van der Waals surface area contributed by atoms with Crippen molar-refractivity contribution >= 4 is 0 Å². The molecule has 2 aliphatic rings. The van der Waals surface area contributed by atoms with E-state index in [-0.39, 0.29) is 5.41 Å². The van der Waals surface area contributed by atoms with Crippen LogP contribution in [-0.4, -0.2) is 13.2 Å². The van der Waals surface area contributed by atoms with E-state index in [9.17, 15) is 0 Å². The van der Waals surface area contributed by atoms with Crippen LogP contribution < -0.4 is 0 Å². The number of unbranched alkanes of at least 4 members (excludes halogenated alkanes) is 1. The Labute approximate surface area is 155 Å². The fraction of sp³-hybridized carbons (Fsp3) is 0.667. The van der Waals surface area contributed by atoms with Gasteiger partial charge in [0.25, 0.3) is 0 Å². The van der Waals surface area contributed by atoms with E-state index in [0.717, 1.165) is 37.9 Å². The van der Waals surface area contributed by atoms with Gasteiger partial charge in [0, 0.05) is 5.41 Å². The van der Waals surface area contributed by atoms with Crippen molar-refractivity contribution in [1.29, 1.82) is 0 Å². The summed E-state index contributed by atoms with van der Waals surface area (Å²) in [7, 11) is 0. The monoisotopic (exact) mass is 342 g/mol. The highest BCUT2D eigenvalue weighted by atomic mass is 16.5. The van der Waals surface area contributed by atoms with E-state index in [2.05, 4.69) is 56.0 Å². The van der Waals surface area contributed by atoms with Crippen molar-refractivity contribution in [1.82, 2.24) is 0 Å². The molecular formula is C24H38O. The first-order valence-electron chi connectivity index (χ1n) is 10.5. The first kappa shape index (κ1) is 20.2. The van der Waals surface area contributed by atoms with E-state index in [1.807, 2.05) is 0 Å². The number of ether oxygens (including phenoxy) is 1. The lowest BCUT2D eigenvalue weighted by molar-refractivity contribution is 0.0801. The molecule has 1 saturated carbocycles. The van der Waals surface area contributed by atoms with Gasteiger partial charge in [-0.05, 0) is 56.8 Å². The molecule has 25 heavy (non-hydrogen) atoms. The number of allylic oxidation sites excluding steroid dienone is 5. The normalized spacial score (nSPS) is 29.3. The van der Waals surface area contributed by atoms with Crippen LogP contribution in [0.15, 0.2) is 49.1 Å². The van der Waals surface area contributed by atoms with E-state index >= 15 is 0 Å². The second-order valence-corrected chi connectivity index (χ2v) is 8.01. The van der Waals surface area contributed by atoms with Gasteiger partial charge in [-0.3, -0.25) is 0 Å². The summed E-state index contributed by atoms with van der Waals surface area (Å²) < 4.78 is 5.97. The molecule has 1 atom stereocenters. The van der Waals surface area contributed by atoms with Crippen LogP contribution in [0.3, 0.4) is 0 Å². The minimum absolute atomic E-state index is 0.231. The van der Waals surface area contributed by atoms with Gasteiger partial charge in [-0.2, -0.15) is 0 Å². The zero-order valence-corrected chi connectivity index (χ0v) is 16.3. The number of hydrogen-bond acceptors (Lipinski definition) is 1. The van der Waals surface area contributed by atoms with Crippen molar-refractivity contribution in [3.63, 3.8) is 0 Å². The average Bonchev–Trinajstić information content (AvgIpc) is 2.66. The Bertz CT molecular complexity index is 451. The van der Waals surface area contributed by atoms with Crippen LogP contribution in [0, 0.1) is 17.3 Å². The Morgan fingerprint density at radius 3 is 2.64 bits per heavy atom. The largest absolute Gasteiger partial charge is 0.376 e. The average molecular weight is 343 g/mol. The lowest BCUT2D eigenvalue weighted by Crippen LogP contribution is -2.25. The molecule has 0 amide bonds. The van der Waals surface area contributed by atoms with Crippen LogP contribution in [0.2, 0.25) is 0 Å². The lowest BCUT2D eigenvalue weighted by Gasteiger charge is -2.31. The third kappa shape index (κ3) is 7.36. The quantitative estimate of drug-likeness (QED) is 0.289. The summed E-state index contributed by atoms with van der Waals surface area (Å²) in [5.74, 6) is 1.75. The molecule has 140 valence electrons. The molecule has 0 heterocycles. The van der Waals surface area contributed by atoms with E-state index in [4.69, 9.17) is 4.74 Å². The number of rotatable bonds is 11. The summed E-state index contributed by atoms with van der Waals surface area (Å²) in [6, 6.07) is 0. The smallest absolute Gasteiger partial charge is 0.0647 e. The predicted molar refractivity (Wildman–Crippen MR) is 110 cm³/mol. The zero-order valence-electron chi connectivity index (χ0n) is 16.3. The van der Waals surface area contributed by atoms with E-state index in [0.29, 0.717) is 0 Å². The maximum absolute atomic E-state index is 5.97. The molecule has 1 nitrogen and oxygen atoms in total. The van der Waals surface area contributed by atoms with Crippen molar-refractivity contribution in [2.75, 3.05) is 13.2 Å². The Hall–Kier alpha value is -1.08. The first-order valence-corrected chi connectivity index (χ1v) is 10.5. The molecule has 1 fully saturated rings. The van der Waals surface area contributed by atoms with Gasteiger partial charge in [0.1, 0.15) is 0 Å². The third-order valence-electron chi connectivity index (χ3n) is 5.99. The Kier molecular flexibility index (Phi) is 9.32. The van der Waals surface area contributed by atoms with Gasteiger partial charge < -0.3 is 4.74 Å². The molecule has 0 N–H and O–H groups in total. The van der Waals surface area contributed by atoms with Crippen LogP contribution in [0.5, 0.6) is 0 Å². The standard InChI is InChI=1S/C24H38O/c1-3-5-11-20-25-21-24(17-8-6-9-18-24)19-10-7-12-23-15-13-22(4-2)14-16-23/h4-6,8-9,11,17,22-23H,2-3,7,10,12-16,18-21H2,1H3. The second kappa shape index (κ2) is 11.5. The molecule has 0 aromatic heterocycles. The summed E-state index contributed by atoms with van der Waals surface area (Å²) >= 11 is 0. The molecule has 0 aromatic carbocycles. The zero-order chi connectivity index (χ0) is 17.8. The van der Waals surface area contributed by atoms with Gasteiger partial charge in [0.05, 0.1) is 13.2 Å². The SMILES string of the molecule is C=CC1CCC(CCCCC2(COCC=CCC)C=CC=CC2)CC1. The Morgan fingerprint density at radius 1 is 1.12 bits per heavy atom. The van der Waals surface area contributed by atoms with E-state index in [1.165, 1.54) is 51.4 Å². The van der Waals surface area contributed by atoms with E-state index < -0.39 is 0 Å². The van der Waals surface area contributed by atoms with Gasteiger partial charge in [0.2, 0.25) is 0 Å². The van der Waals surface area contributed by atoms with Crippen LogP contribution in [0.4, 0.5) is 0 Å². The maximum Gasteiger partial charge on any atom is 0.0647 e. The molecule has 0 bridgehead atoms. The van der Waals surface area contributed by atoms with Crippen LogP contribution >= 0.6 is 0 Å². The highest BCUT2D eigenvalue weighted by Gasteiger charge is 2.27. The van der Waals surface area contributed by atoms with Crippen LogP contribution in [0.25, 0.3) is 0 Å². The first-order chi connectivity index (χ1) is 12.3. The highest BCUT2D eigenvalue weighted by Crippen LogP contribution is 2.36. The molecule has 0 saturated heterocycles. The topological polar surface area (TPSA) is 9.23 Å². The fourth-order valence-corrected chi connectivity index (χ4v) is 4.26. The van der Waals surface area contributed by atoms with Crippen molar-refractivity contribution < 1.29 is 4.74 Å². The minimum atomic E-state index is 0.231. The summed E-state index contributed by atoms with van der Waals surface area (Å²) in [4.78, 5) is 0. The summed E-state index contributed by atoms with van der Waals surface area (Å²) in [6.45, 7) is 7.72. The third-order valence-corrected chi connectivity index (χ3v) is 5.99. The molecule has 2 aliphatic carbocycles. The molecule has 2 rings (SSSR count). The van der Waals surface area contributed by atoms with Gasteiger partial charge in [-0.15, -0.1) is 6.58 Å². The van der Waals surface area contributed by atoms with Crippen molar-refractivity contribution in [3.05, 3.63) is 49.1 Å². The molecule has 1 unspecified atom stereocenters. The van der Waals surface area contributed by atoms with Crippen LogP contribution in [0.1, 0.15) is 71.1 Å². The molecular weight excluding hydrogens is 304 g/mol. The second-order valence-electron chi connectivity index (χ2n) is 8.01. The summed E-state index contributed by atoms with van der Waals surface area (Å²) in [5, 5.41) is 0. The molecule has 0 radical (unpaired) electrons. The molecule has 0 spiro atoms. The van der Waals surface area contributed by atoms with Crippen LogP contribution in [-0.2, 0) is 4.74 Å². The van der Waals surface area contributed by atoms with Gasteiger partial charge in [-0.1, -0.05) is 68.7 Å². The van der Waals surface area contributed by atoms with E-state index in [1.54, 1.807) is 0 Å². The van der Waals surface area contributed by atoms with Crippen molar-refractivity contribution in [2.45, 2.75) is 71.1 Å². The number of hydrogen-bond donors (Lipinski definition) is 0. The lowest BCUT2D eigenvalue weighted by atomic mass is 9.76. The molecule has 0 aromatic rings. The Balaban J connectivity index is 1.67.